The summed E-state index contributed by atoms with van der Waals surface area (Å²) in [6, 6.07) is 10.5. The molecular formula is C26H28N2O3S. The number of para-hydroxylation sites is 1. The molecule has 1 N–H and O–H groups in total. The minimum absolute atomic E-state index is 0.0216. The second-order valence-corrected chi connectivity index (χ2v) is 10.1. The van der Waals surface area contributed by atoms with Crippen molar-refractivity contribution in [2.45, 2.75) is 65.1 Å². The maximum atomic E-state index is 13.6. The molecule has 2 aromatic heterocycles. The Morgan fingerprint density at radius 2 is 1.97 bits per heavy atom. The van der Waals surface area contributed by atoms with Gasteiger partial charge < -0.3 is 14.4 Å². The zero-order chi connectivity index (χ0) is 22.4. The van der Waals surface area contributed by atoms with Crippen molar-refractivity contribution in [1.29, 1.82) is 0 Å². The van der Waals surface area contributed by atoms with Crippen LogP contribution in [0.15, 0.2) is 45.8 Å². The fraction of sp³-hybridized carbons (Fsp3) is 0.385. The van der Waals surface area contributed by atoms with Crippen molar-refractivity contribution in [3.05, 3.63) is 57.9 Å². The maximum absolute atomic E-state index is 13.6. The van der Waals surface area contributed by atoms with E-state index in [-0.39, 0.29) is 11.2 Å². The van der Waals surface area contributed by atoms with Gasteiger partial charge in [0.25, 0.3) is 0 Å². The van der Waals surface area contributed by atoms with E-state index in [2.05, 4.69) is 18.8 Å². The lowest BCUT2D eigenvalue weighted by Crippen LogP contribution is -3.18. The van der Waals surface area contributed by atoms with Crippen molar-refractivity contribution in [3.8, 4) is 16.3 Å². The summed E-state index contributed by atoms with van der Waals surface area (Å²) in [6.45, 7) is 7.06. The molecule has 6 heteroatoms. The van der Waals surface area contributed by atoms with E-state index in [1.807, 2.05) is 31.2 Å². The zero-order valence-corrected chi connectivity index (χ0v) is 19.6. The van der Waals surface area contributed by atoms with Crippen LogP contribution in [-0.4, -0.2) is 17.1 Å². The first kappa shape index (κ1) is 21.2. The standard InChI is InChI=1S/C26H28N2O3S/c1-4-17-12-18-24(30)20(26-27-21-10-5-6-11-22(21)32-26)14-31-25(18)19(23(17)29)13-28-15(2)8-7-9-16(28)3/h5-6,10-12,14-16,29H,4,7-9,13H2,1-3H3. The molecular weight excluding hydrogens is 420 g/mol. The highest BCUT2D eigenvalue weighted by Crippen LogP contribution is 2.33. The Balaban J connectivity index is 1.67. The Morgan fingerprint density at radius 1 is 1.22 bits per heavy atom. The van der Waals surface area contributed by atoms with Crippen molar-refractivity contribution in [2.75, 3.05) is 0 Å². The second-order valence-electron chi connectivity index (χ2n) is 9.02. The molecule has 0 amide bonds. The van der Waals surface area contributed by atoms with Crippen molar-refractivity contribution in [2.24, 2.45) is 0 Å². The number of benzene rings is 2. The van der Waals surface area contributed by atoms with Crippen LogP contribution in [0.1, 0.15) is 51.2 Å². The first-order valence-corrected chi connectivity index (χ1v) is 12.3. The molecule has 166 valence electrons. The van der Waals surface area contributed by atoms with Crippen LogP contribution >= 0.6 is 11.3 Å². The highest BCUT2D eigenvalue weighted by Gasteiger charge is 2.30. The maximum Gasteiger partial charge on any atom is 0.202 e. The fourth-order valence-corrected chi connectivity index (χ4v) is 6.05. The topological polar surface area (TPSA) is 70.6 Å². The summed E-state index contributed by atoms with van der Waals surface area (Å²) in [7, 11) is 0. The number of nitrogens with one attached hydrogen (secondary N) is 1. The van der Waals surface area contributed by atoms with E-state index in [1.54, 1.807) is 6.07 Å². The van der Waals surface area contributed by atoms with Crippen LogP contribution in [0, 0.1) is 0 Å². The summed E-state index contributed by atoms with van der Waals surface area (Å²) in [5.41, 5.74) is 2.97. The molecule has 0 radical (unpaired) electrons. The van der Waals surface area contributed by atoms with E-state index in [9.17, 15) is 9.90 Å². The van der Waals surface area contributed by atoms with Gasteiger partial charge in [-0.3, -0.25) is 4.79 Å². The molecule has 1 aliphatic rings. The molecule has 1 fully saturated rings. The molecule has 5 rings (SSSR count). The molecule has 32 heavy (non-hydrogen) atoms. The number of aromatic nitrogens is 1. The molecule has 0 aliphatic carbocycles. The van der Waals surface area contributed by atoms with E-state index in [4.69, 9.17) is 4.42 Å². The average molecular weight is 449 g/mol. The van der Waals surface area contributed by atoms with Gasteiger partial charge in [-0.25, -0.2) is 4.98 Å². The number of nitrogens with zero attached hydrogens (tertiary/aromatic N) is 1. The van der Waals surface area contributed by atoms with E-state index < -0.39 is 0 Å². The number of hydrogen-bond donors (Lipinski definition) is 1. The Labute approximate surface area is 191 Å². The van der Waals surface area contributed by atoms with Gasteiger partial charge in [0.05, 0.1) is 33.2 Å². The van der Waals surface area contributed by atoms with Crippen LogP contribution < -0.4 is 15.4 Å². The molecule has 3 heterocycles. The highest BCUT2D eigenvalue weighted by atomic mass is 32.1. The first-order chi connectivity index (χ1) is 15.5. The Bertz CT molecular complexity index is 1310. The molecule has 1 saturated heterocycles. The number of aryl methyl sites for hydroxylation is 1. The van der Waals surface area contributed by atoms with Gasteiger partial charge in [0.1, 0.15) is 23.4 Å². The molecule has 5 nitrogen and oxygen atoms in total. The van der Waals surface area contributed by atoms with Crippen LogP contribution in [0.4, 0.5) is 0 Å². The van der Waals surface area contributed by atoms with Gasteiger partial charge >= 0.3 is 0 Å². The van der Waals surface area contributed by atoms with Gasteiger partial charge in [-0.05, 0) is 57.7 Å². The Hall–Kier alpha value is -2.70. The van der Waals surface area contributed by atoms with Gasteiger partial charge in [-0.1, -0.05) is 30.4 Å². The average Bonchev–Trinajstić information content (AvgIpc) is 3.21. The summed E-state index contributed by atoms with van der Waals surface area (Å²) in [6.07, 6.45) is 5.63. The molecule has 0 bridgehead atoms. The quantitative estimate of drug-likeness (QED) is 0.511. The van der Waals surface area contributed by atoms with Gasteiger partial charge in [0.2, 0.25) is 5.43 Å². The smallest absolute Gasteiger partial charge is 0.202 e. The summed E-state index contributed by atoms with van der Waals surface area (Å²) >= 11 is 1.48. The summed E-state index contributed by atoms with van der Waals surface area (Å²) in [4.78, 5) is 19.6. The van der Waals surface area contributed by atoms with Gasteiger partial charge in [0, 0.05) is 5.56 Å². The molecule has 0 saturated carbocycles. The molecule has 4 aromatic rings. The molecule has 2 unspecified atom stereocenters. The summed E-state index contributed by atoms with van der Waals surface area (Å²) in [5.74, 6) is 0.0216. The predicted octanol–water partition coefficient (Wildman–Crippen LogP) is 4.05. The number of quaternary nitrogens is 1. The number of fused-ring (bicyclic) bond motifs is 2. The van der Waals surface area contributed by atoms with Crippen LogP contribution in [0.25, 0.3) is 31.8 Å². The number of rotatable bonds is 4. The Morgan fingerprint density at radius 3 is 2.69 bits per heavy atom. The van der Waals surface area contributed by atoms with Crippen molar-refractivity contribution in [3.63, 3.8) is 0 Å². The fourth-order valence-electron chi connectivity index (χ4n) is 5.08. The van der Waals surface area contributed by atoms with Crippen molar-refractivity contribution >= 4 is 32.5 Å². The largest absolute Gasteiger partial charge is 0.872 e. The van der Waals surface area contributed by atoms with Gasteiger partial charge in [-0.15, -0.1) is 11.3 Å². The normalized spacial score (nSPS) is 21.4. The molecule has 1 aliphatic heterocycles. The SMILES string of the molecule is CCc1cc2c(=O)c(-c3nc4ccccc4s3)coc2c(C[NH+]2C(C)CCCC2C)c1[O-]. The van der Waals surface area contributed by atoms with Crippen molar-refractivity contribution < 1.29 is 14.4 Å². The van der Waals surface area contributed by atoms with Crippen LogP contribution in [-0.2, 0) is 13.0 Å². The van der Waals surface area contributed by atoms with Crippen LogP contribution in [0.5, 0.6) is 5.75 Å². The monoisotopic (exact) mass is 448 g/mol. The van der Waals surface area contributed by atoms with Gasteiger partial charge in [0.15, 0.2) is 0 Å². The molecule has 2 aromatic carbocycles. The third-order valence-electron chi connectivity index (χ3n) is 7.01. The first-order valence-electron chi connectivity index (χ1n) is 11.5. The van der Waals surface area contributed by atoms with Crippen LogP contribution in [0.2, 0.25) is 0 Å². The van der Waals surface area contributed by atoms with E-state index in [0.29, 0.717) is 57.7 Å². The zero-order valence-electron chi connectivity index (χ0n) is 18.7. The third kappa shape index (κ3) is 3.51. The Kier molecular flexibility index (Phi) is 5.51. The minimum atomic E-state index is -0.115. The van der Waals surface area contributed by atoms with Gasteiger partial charge in [-0.2, -0.15) is 0 Å². The van der Waals surface area contributed by atoms with E-state index in [1.165, 1.54) is 28.9 Å². The van der Waals surface area contributed by atoms with Crippen molar-refractivity contribution in [1.82, 2.24) is 4.98 Å². The van der Waals surface area contributed by atoms with E-state index in [0.717, 1.165) is 23.1 Å². The lowest BCUT2D eigenvalue weighted by molar-refractivity contribution is -0.964. The third-order valence-corrected chi connectivity index (χ3v) is 8.08. The summed E-state index contributed by atoms with van der Waals surface area (Å²) < 4.78 is 7.08. The predicted molar refractivity (Wildman–Crippen MR) is 127 cm³/mol. The van der Waals surface area contributed by atoms with Crippen LogP contribution in [0.3, 0.4) is 0 Å². The number of likely N-dealkylation sites (tertiary alicyclic amines) is 1. The number of piperidine rings is 1. The lowest BCUT2D eigenvalue weighted by atomic mass is 9.95. The summed E-state index contributed by atoms with van der Waals surface area (Å²) in [5, 5.41) is 14.4. The number of thiazole rings is 1. The molecule has 2 atom stereocenters. The second kappa shape index (κ2) is 8.34. The molecule has 0 spiro atoms. The number of hydrogen-bond acceptors (Lipinski definition) is 5. The van der Waals surface area contributed by atoms with E-state index >= 15 is 0 Å². The lowest BCUT2D eigenvalue weighted by Gasteiger charge is -2.37. The highest BCUT2D eigenvalue weighted by molar-refractivity contribution is 7.21. The minimum Gasteiger partial charge on any atom is -0.872 e.